The molecule has 0 aliphatic carbocycles. The van der Waals surface area contributed by atoms with Crippen LogP contribution in [0.4, 0.5) is 0 Å². The third kappa shape index (κ3) is 6.70. The lowest BCUT2D eigenvalue weighted by atomic mass is 10.2. The van der Waals surface area contributed by atoms with Crippen LogP contribution in [0.25, 0.3) is 10.9 Å². The normalized spacial score (nSPS) is 8.77. The van der Waals surface area contributed by atoms with E-state index in [4.69, 9.17) is 39.6 Å². The highest BCUT2D eigenvalue weighted by atomic mass is 16.4. The van der Waals surface area contributed by atoms with Gasteiger partial charge in [0.1, 0.15) is 0 Å². The molecule has 0 amide bonds. The fourth-order valence-electron chi connectivity index (χ4n) is 1.22. The van der Waals surface area contributed by atoms with Gasteiger partial charge in [-0.3, -0.25) is 0 Å². The monoisotopic (exact) mass is 311 g/mol. The molecule has 0 bridgehead atoms. The number of fused-ring (bicyclic) bond motifs is 1. The van der Waals surface area contributed by atoms with E-state index in [-0.39, 0.29) is 0 Å². The number of carboxylic acid groups (broad SMARTS) is 4. The van der Waals surface area contributed by atoms with Gasteiger partial charge in [0.25, 0.3) is 0 Å². The molecule has 0 fully saturated rings. The van der Waals surface area contributed by atoms with Crippen LogP contribution >= 0.6 is 0 Å². The first-order chi connectivity index (χ1) is 10.2. The van der Waals surface area contributed by atoms with Gasteiger partial charge in [0, 0.05) is 18.8 Å². The summed E-state index contributed by atoms with van der Waals surface area (Å²) in [5.74, 6) is -7.30. The molecule has 9 nitrogen and oxygen atoms in total. The summed E-state index contributed by atoms with van der Waals surface area (Å²) in [7, 11) is 2.06. The lowest BCUT2D eigenvalue weighted by molar-refractivity contribution is -0.159. The Hall–Kier alpha value is -3.36. The molecule has 0 saturated carbocycles. The van der Waals surface area contributed by atoms with Gasteiger partial charge in [-0.2, -0.15) is 0 Å². The van der Waals surface area contributed by atoms with Crippen LogP contribution in [0.2, 0.25) is 0 Å². The second kappa shape index (κ2) is 8.74. The molecular weight excluding hydrogens is 298 g/mol. The number of hydrogen-bond donors (Lipinski definition) is 4. The molecule has 118 valence electrons. The minimum Gasteiger partial charge on any atom is -0.473 e. The molecule has 9 heteroatoms. The Morgan fingerprint density at radius 1 is 0.773 bits per heavy atom. The van der Waals surface area contributed by atoms with Crippen LogP contribution < -0.4 is 0 Å². The van der Waals surface area contributed by atoms with E-state index in [2.05, 4.69) is 48.1 Å². The van der Waals surface area contributed by atoms with Crippen molar-refractivity contribution in [3.05, 3.63) is 36.5 Å². The highest BCUT2D eigenvalue weighted by molar-refractivity contribution is 6.27. The Balaban J connectivity index is 0.000000324. The van der Waals surface area contributed by atoms with Crippen LogP contribution in [0.3, 0.4) is 0 Å². The van der Waals surface area contributed by atoms with E-state index in [1.165, 1.54) is 10.9 Å². The molecule has 0 unspecified atom stereocenters. The van der Waals surface area contributed by atoms with Crippen LogP contribution in [-0.2, 0) is 26.2 Å². The van der Waals surface area contributed by atoms with E-state index in [1.54, 1.807) is 0 Å². The van der Waals surface area contributed by atoms with Gasteiger partial charge in [-0.25, -0.2) is 19.2 Å². The zero-order valence-electron chi connectivity index (χ0n) is 11.3. The number of benzene rings is 1. The van der Waals surface area contributed by atoms with Gasteiger partial charge in [-0.15, -0.1) is 0 Å². The number of nitrogens with zero attached hydrogens (tertiary/aromatic N) is 1. The first-order valence-electron chi connectivity index (χ1n) is 5.59. The van der Waals surface area contributed by atoms with Gasteiger partial charge in [0.15, 0.2) is 0 Å². The Morgan fingerprint density at radius 3 is 1.55 bits per heavy atom. The largest absolute Gasteiger partial charge is 0.473 e. The van der Waals surface area contributed by atoms with Crippen molar-refractivity contribution in [3.8, 4) is 0 Å². The highest BCUT2D eigenvalue weighted by Gasteiger charge is 2.04. The average Bonchev–Trinajstić information content (AvgIpc) is 2.82. The second-order valence-electron chi connectivity index (χ2n) is 3.71. The fourth-order valence-corrected chi connectivity index (χ4v) is 1.22. The maximum atomic E-state index is 9.10. The van der Waals surface area contributed by atoms with E-state index < -0.39 is 23.9 Å². The number of para-hydroxylation sites is 1. The highest BCUT2D eigenvalue weighted by Crippen LogP contribution is 2.12. The lowest BCUT2D eigenvalue weighted by Crippen LogP contribution is -2.09. The van der Waals surface area contributed by atoms with Crippen LogP contribution in [0.15, 0.2) is 36.5 Å². The van der Waals surface area contributed by atoms with Gasteiger partial charge in [-0.1, -0.05) is 18.2 Å². The first kappa shape index (κ1) is 18.6. The number of rotatable bonds is 0. The van der Waals surface area contributed by atoms with Crippen molar-refractivity contribution in [2.75, 3.05) is 0 Å². The lowest BCUT2D eigenvalue weighted by Gasteiger charge is -1.92. The fraction of sp³-hybridized carbons (Fsp3) is 0.0769. The van der Waals surface area contributed by atoms with Crippen molar-refractivity contribution in [1.82, 2.24) is 4.57 Å². The molecule has 0 atom stereocenters. The quantitative estimate of drug-likeness (QED) is 0.512. The first-order valence-corrected chi connectivity index (χ1v) is 5.59. The van der Waals surface area contributed by atoms with Gasteiger partial charge in [-0.05, 0) is 17.5 Å². The Morgan fingerprint density at radius 2 is 1.18 bits per heavy atom. The SMILES string of the molecule is Cn1ccc2ccccc21.O=C(O)C(=O)O.O=C(O)C(=O)O. The maximum absolute atomic E-state index is 9.10. The summed E-state index contributed by atoms with van der Waals surface area (Å²) in [6.07, 6.45) is 2.07. The number of hydrogen-bond acceptors (Lipinski definition) is 4. The summed E-state index contributed by atoms with van der Waals surface area (Å²) < 4.78 is 2.12. The van der Waals surface area contributed by atoms with Crippen molar-refractivity contribution in [2.24, 2.45) is 7.05 Å². The van der Waals surface area contributed by atoms with E-state index in [1.807, 2.05) is 0 Å². The topological polar surface area (TPSA) is 154 Å². The van der Waals surface area contributed by atoms with Gasteiger partial charge in [0.05, 0.1) is 0 Å². The maximum Gasteiger partial charge on any atom is 0.414 e. The minimum absolute atomic E-state index is 1.29. The number of aliphatic carboxylic acids is 4. The summed E-state index contributed by atoms with van der Waals surface area (Å²) in [5, 5.41) is 30.9. The molecule has 1 heterocycles. The van der Waals surface area contributed by atoms with Crippen molar-refractivity contribution < 1.29 is 39.6 Å². The molecule has 22 heavy (non-hydrogen) atoms. The third-order valence-electron chi connectivity index (χ3n) is 2.16. The molecule has 2 aromatic rings. The Bertz CT molecular complexity index is 640. The van der Waals surface area contributed by atoms with Crippen molar-refractivity contribution in [3.63, 3.8) is 0 Å². The molecule has 2 rings (SSSR count). The van der Waals surface area contributed by atoms with Crippen LogP contribution in [0, 0.1) is 0 Å². The van der Waals surface area contributed by atoms with Gasteiger partial charge in [0.2, 0.25) is 0 Å². The van der Waals surface area contributed by atoms with Crippen molar-refractivity contribution in [2.45, 2.75) is 0 Å². The molecular formula is C13H13NO8. The number of aromatic nitrogens is 1. The second-order valence-corrected chi connectivity index (χ2v) is 3.71. The molecule has 4 N–H and O–H groups in total. The number of aryl methyl sites for hydroxylation is 1. The molecule has 0 aliphatic rings. The van der Waals surface area contributed by atoms with Crippen LogP contribution in [-0.4, -0.2) is 48.9 Å². The molecule has 0 radical (unpaired) electrons. The Kier molecular flexibility index (Phi) is 7.41. The van der Waals surface area contributed by atoms with Crippen molar-refractivity contribution in [1.29, 1.82) is 0 Å². The standard InChI is InChI=1S/C9H9N.2C2H2O4/c1-10-7-6-8-4-2-3-5-9(8)10;2*3-1(4)2(5)6/h2-7H,1H3;2*(H,3,4)(H,5,6). The third-order valence-corrected chi connectivity index (χ3v) is 2.16. The zero-order chi connectivity index (χ0) is 17.3. The van der Waals surface area contributed by atoms with Crippen molar-refractivity contribution >= 4 is 34.8 Å². The molecule has 1 aromatic carbocycles. The number of carbonyl (C=O) groups is 4. The molecule has 0 saturated heterocycles. The van der Waals surface area contributed by atoms with Gasteiger partial charge >= 0.3 is 23.9 Å². The zero-order valence-corrected chi connectivity index (χ0v) is 11.3. The average molecular weight is 311 g/mol. The summed E-state index contributed by atoms with van der Waals surface area (Å²) in [5.41, 5.74) is 1.29. The summed E-state index contributed by atoms with van der Waals surface area (Å²) in [6.45, 7) is 0. The van der Waals surface area contributed by atoms with E-state index in [0.717, 1.165) is 0 Å². The predicted molar refractivity (Wildman–Crippen MR) is 73.5 cm³/mol. The van der Waals surface area contributed by atoms with E-state index >= 15 is 0 Å². The van der Waals surface area contributed by atoms with Crippen LogP contribution in [0.1, 0.15) is 0 Å². The summed E-state index contributed by atoms with van der Waals surface area (Å²) in [4.78, 5) is 36.4. The van der Waals surface area contributed by atoms with E-state index in [0.29, 0.717) is 0 Å². The van der Waals surface area contributed by atoms with Crippen LogP contribution in [0.5, 0.6) is 0 Å². The Labute approximate surface area is 123 Å². The molecule has 0 spiro atoms. The summed E-state index contributed by atoms with van der Waals surface area (Å²) in [6, 6.07) is 10.5. The molecule has 1 aromatic heterocycles. The minimum atomic E-state index is -1.82. The molecule has 0 aliphatic heterocycles. The predicted octanol–water partition coefficient (Wildman–Crippen LogP) is 0.489. The smallest absolute Gasteiger partial charge is 0.414 e. The van der Waals surface area contributed by atoms with E-state index in [9.17, 15) is 0 Å². The van der Waals surface area contributed by atoms with Gasteiger partial charge < -0.3 is 25.0 Å². The summed E-state index contributed by atoms with van der Waals surface area (Å²) >= 11 is 0. The number of carboxylic acids is 4.